The van der Waals surface area contributed by atoms with Crippen molar-refractivity contribution in [3.63, 3.8) is 0 Å². The van der Waals surface area contributed by atoms with Crippen molar-refractivity contribution in [1.29, 1.82) is 0 Å². The summed E-state index contributed by atoms with van der Waals surface area (Å²) in [6.07, 6.45) is 0. The van der Waals surface area contributed by atoms with Gasteiger partial charge in [0.1, 0.15) is 0 Å². The molecule has 0 fully saturated rings. The van der Waals surface area contributed by atoms with Crippen LogP contribution in [0.15, 0.2) is 0 Å². The van der Waals surface area contributed by atoms with E-state index < -0.39 is 27.5 Å². The van der Waals surface area contributed by atoms with Gasteiger partial charge in [-0.25, -0.2) is 0 Å². The van der Waals surface area contributed by atoms with Crippen molar-refractivity contribution in [2.75, 3.05) is 0 Å². The van der Waals surface area contributed by atoms with Crippen LogP contribution in [0.3, 0.4) is 0 Å². The molecule has 0 bridgehead atoms. The zero-order valence-electron chi connectivity index (χ0n) is 6.33. The van der Waals surface area contributed by atoms with Crippen molar-refractivity contribution in [3.8, 4) is 0 Å². The average Bonchev–Trinajstić information content (AvgIpc) is 1.54. The smallest absolute Gasteiger partial charge is 0.672 e. The molecule has 72 valence electrons. The van der Waals surface area contributed by atoms with Crippen molar-refractivity contribution in [3.05, 3.63) is 0 Å². The maximum Gasteiger partial charge on any atom is 3.00 e. The predicted molar refractivity (Wildman–Crippen MR) is 19.3 cm³/mol. The van der Waals surface area contributed by atoms with E-state index in [4.69, 9.17) is 42.2 Å². The first-order valence-corrected chi connectivity index (χ1v) is 5.51. The van der Waals surface area contributed by atoms with Crippen molar-refractivity contribution in [1.82, 2.24) is 0 Å². The van der Waals surface area contributed by atoms with Crippen LogP contribution in [0, 0.1) is 71.2 Å². The molecule has 0 aliphatic rings. The van der Waals surface area contributed by atoms with Gasteiger partial charge in [-0.2, -0.15) is 0 Å². The fourth-order valence-electron chi connectivity index (χ4n) is 0. The SMILES string of the molecule is O=[Si]([O-])[O-].O=[Si]([O-])[O-].O=[Si]([O-])[O-].[La+3].[La+3]. The van der Waals surface area contributed by atoms with E-state index in [0.717, 1.165) is 0 Å². The van der Waals surface area contributed by atoms with Gasteiger partial charge in [0.15, 0.2) is 0 Å². The van der Waals surface area contributed by atoms with E-state index in [9.17, 15) is 0 Å². The van der Waals surface area contributed by atoms with Gasteiger partial charge >= 0.3 is 71.2 Å². The maximum atomic E-state index is 8.52. The van der Waals surface area contributed by atoms with Gasteiger partial charge in [-0.15, -0.1) is 0 Å². The Balaban J connectivity index is -0.0000000270. The molecule has 0 amide bonds. The summed E-state index contributed by atoms with van der Waals surface area (Å²) in [6, 6.07) is 0. The molecule has 0 aromatic carbocycles. The van der Waals surface area contributed by atoms with E-state index in [1.807, 2.05) is 0 Å². The van der Waals surface area contributed by atoms with E-state index in [1.165, 1.54) is 0 Å². The van der Waals surface area contributed by atoms with E-state index >= 15 is 0 Å². The summed E-state index contributed by atoms with van der Waals surface area (Å²) in [6.45, 7) is 0. The summed E-state index contributed by atoms with van der Waals surface area (Å²) >= 11 is 0. The summed E-state index contributed by atoms with van der Waals surface area (Å²) in [5.74, 6) is 0. The van der Waals surface area contributed by atoms with Gasteiger partial charge < -0.3 is 42.2 Å². The molecule has 0 N–H and O–H groups in total. The van der Waals surface area contributed by atoms with Crippen LogP contribution in [-0.2, 0) is 13.4 Å². The Morgan fingerprint density at radius 3 is 0.500 bits per heavy atom. The summed E-state index contributed by atoms with van der Waals surface area (Å²) in [7, 11) is -10.9. The molecule has 0 aliphatic heterocycles. The molecule has 9 nitrogen and oxygen atoms in total. The second kappa shape index (κ2) is 23.8. The molecular weight excluding hydrogens is 506 g/mol. The second-order valence-corrected chi connectivity index (χ2v) is 2.25. The maximum absolute atomic E-state index is 8.52. The number of hydrogen-bond donors (Lipinski definition) is 0. The molecule has 14 heteroatoms. The molecule has 0 aliphatic carbocycles. The first-order chi connectivity index (χ1) is 5.20. The Labute approximate surface area is 139 Å². The van der Waals surface area contributed by atoms with Crippen LogP contribution in [-0.4, -0.2) is 27.5 Å². The second-order valence-electron chi connectivity index (χ2n) is 0.750. The van der Waals surface area contributed by atoms with Crippen LogP contribution in [0.2, 0.25) is 0 Å². The third-order valence-electron chi connectivity index (χ3n) is 0. The summed E-state index contributed by atoms with van der Waals surface area (Å²) in [5, 5.41) is 0. The minimum absolute atomic E-state index is 0. The Kier molecular flexibility index (Phi) is 50.1. The Morgan fingerprint density at radius 2 is 0.500 bits per heavy atom. The van der Waals surface area contributed by atoms with Gasteiger partial charge in [-0.1, -0.05) is 0 Å². The monoisotopic (exact) mass is 506 g/mol. The average molecular weight is 506 g/mol. The molecule has 0 aromatic rings. The van der Waals surface area contributed by atoms with Gasteiger partial charge in [0.05, 0.1) is 0 Å². The number of hydrogen-bond acceptors (Lipinski definition) is 9. The fraction of sp³-hybridized carbons (Fsp3) is 0. The molecule has 0 spiro atoms. The molecule has 0 saturated carbocycles. The van der Waals surface area contributed by atoms with Gasteiger partial charge in [-0.05, 0) is 0 Å². The molecule has 0 atom stereocenters. The quantitative estimate of drug-likeness (QED) is 0.287. The Morgan fingerprint density at radius 1 is 0.500 bits per heavy atom. The molecule has 0 radical (unpaired) electrons. The summed E-state index contributed by atoms with van der Waals surface area (Å²) in [4.78, 5) is 51.1. The molecular formula is La2O9Si3. The van der Waals surface area contributed by atoms with Crippen LogP contribution in [0.25, 0.3) is 0 Å². The van der Waals surface area contributed by atoms with Crippen molar-refractivity contribution in [2.24, 2.45) is 0 Å². The Bertz CT molecular complexity index is 116. The predicted octanol–water partition coefficient (Wildman–Crippen LogP) is -8.63. The van der Waals surface area contributed by atoms with Crippen LogP contribution in [0.4, 0.5) is 0 Å². The van der Waals surface area contributed by atoms with E-state index in [1.54, 1.807) is 0 Å². The van der Waals surface area contributed by atoms with Crippen molar-refractivity contribution < 1.29 is 113 Å². The Hall–Kier alpha value is 1.24. The number of rotatable bonds is 0. The van der Waals surface area contributed by atoms with Gasteiger partial charge in [0.25, 0.3) is 0 Å². The van der Waals surface area contributed by atoms with E-state index in [0.29, 0.717) is 0 Å². The zero-order chi connectivity index (χ0) is 10.7. The third-order valence-corrected chi connectivity index (χ3v) is 0. The van der Waals surface area contributed by atoms with Gasteiger partial charge in [0.2, 0.25) is 0 Å². The standard InChI is InChI=1S/2La.3O3Si/c;;3*1-4(2)3/q2*+3;3*-2. The van der Waals surface area contributed by atoms with Crippen molar-refractivity contribution in [2.45, 2.75) is 0 Å². The molecule has 0 rings (SSSR count). The normalized spacial score (nSPS) is 5.14. The topological polar surface area (TPSA) is 190 Å². The van der Waals surface area contributed by atoms with Gasteiger partial charge in [0, 0.05) is 27.5 Å². The molecule has 0 aromatic heterocycles. The first kappa shape index (κ1) is 29.5. The minimum Gasteiger partial charge on any atom is -0.672 e. The fourth-order valence-corrected chi connectivity index (χ4v) is 0. The molecule has 0 saturated heterocycles. The summed E-state index contributed by atoms with van der Waals surface area (Å²) < 4.78 is 25.6. The van der Waals surface area contributed by atoms with E-state index in [2.05, 4.69) is 0 Å². The van der Waals surface area contributed by atoms with Crippen LogP contribution >= 0.6 is 0 Å². The van der Waals surface area contributed by atoms with Crippen LogP contribution < -0.4 is 28.8 Å². The minimum atomic E-state index is -3.63. The zero-order valence-corrected chi connectivity index (χ0v) is 16.6. The molecule has 0 heterocycles. The van der Waals surface area contributed by atoms with E-state index in [-0.39, 0.29) is 71.2 Å². The van der Waals surface area contributed by atoms with Gasteiger partial charge in [-0.3, -0.25) is 0 Å². The molecule has 14 heavy (non-hydrogen) atoms. The largest absolute Gasteiger partial charge is 3.00 e. The molecule has 0 unspecified atom stereocenters. The summed E-state index contributed by atoms with van der Waals surface area (Å²) in [5.41, 5.74) is 0. The van der Waals surface area contributed by atoms with Crippen molar-refractivity contribution >= 4 is 27.5 Å². The van der Waals surface area contributed by atoms with Crippen LogP contribution in [0.5, 0.6) is 0 Å². The van der Waals surface area contributed by atoms with Crippen LogP contribution in [0.1, 0.15) is 0 Å². The first-order valence-electron chi connectivity index (χ1n) is 1.84. The third kappa shape index (κ3) is 1290.